The number of benzene rings is 1. The minimum atomic E-state index is 0.275. The van der Waals surface area contributed by atoms with Crippen molar-refractivity contribution in [1.29, 1.82) is 0 Å². The second-order valence-electron chi connectivity index (χ2n) is 5.68. The highest BCUT2D eigenvalue weighted by Crippen LogP contribution is 2.41. The van der Waals surface area contributed by atoms with E-state index in [1.807, 2.05) is 24.3 Å². The van der Waals surface area contributed by atoms with Gasteiger partial charge in [-0.3, -0.25) is 0 Å². The summed E-state index contributed by atoms with van der Waals surface area (Å²) in [5, 5.41) is 0. The molecule has 3 heteroatoms. The first-order chi connectivity index (χ1) is 10.2. The maximum atomic E-state index is 6.19. The first-order valence-electron chi connectivity index (χ1n) is 7.55. The zero-order valence-corrected chi connectivity index (χ0v) is 12.3. The number of fused-ring (bicyclic) bond motifs is 1. The second kappa shape index (κ2) is 5.78. The lowest BCUT2D eigenvalue weighted by Gasteiger charge is -2.41. The lowest BCUT2D eigenvalue weighted by atomic mass is 9.89. The molecule has 21 heavy (non-hydrogen) atoms. The number of nitrogens with zero attached hydrogens (tertiary/aromatic N) is 1. The van der Waals surface area contributed by atoms with Gasteiger partial charge in [-0.15, -0.1) is 0 Å². The molecule has 2 N–H and O–H groups in total. The van der Waals surface area contributed by atoms with Crippen molar-refractivity contribution in [3.05, 3.63) is 61.0 Å². The molecule has 0 unspecified atom stereocenters. The summed E-state index contributed by atoms with van der Waals surface area (Å²) >= 11 is 0. The Hall–Kier alpha value is -2.00. The quantitative estimate of drug-likeness (QED) is 0.918. The third-order valence-corrected chi connectivity index (χ3v) is 4.29. The molecule has 2 aliphatic rings. The van der Waals surface area contributed by atoms with E-state index in [1.54, 1.807) is 6.08 Å². The molecule has 1 aliphatic heterocycles. The van der Waals surface area contributed by atoms with Crippen LogP contribution in [0.5, 0.6) is 5.75 Å². The summed E-state index contributed by atoms with van der Waals surface area (Å²) in [5.41, 5.74) is 8.27. The van der Waals surface area contributed by atoms with Crippen LogP contribution in [0.25, 0.3) is 0 Å². The molecule has 2 atom stereocenters. The number of hydrogen-bond donors (Lipinski definition) is 1. The molecule has 0 radical (unpaired) electrons. The van der Waals surface area contributed by atoms with Crippen LogP contribution in [0.3, 0.4) is 0 Å². The Morgan fingerprint density at radius 1 is 1.19 bits per heavy atom. The molecule has 1 aromatic rings. The van der Waals surface area contributed by atoms with E-state index in [4.69, 9.17) is 10.5 Å². The molecule has 0 aromatic heterocycles. The summed E-state index contributed by atoms with van der Waals surface area (Å²) in [7, 11) is 0. The highest BCUT2D eigenvalue weighted by molar-refractivity contribution is 5.68. The fraction of sp³-hybridized carbons (Fsp3) is 0.333. The average molecular weight is 282 g/mol. The topological polar surface area (TPSA) is 38.5 Å². The summed E-state index contributed by atoms with van der Waals surface area (Å²) in [5.74, 6) is 1.64. The number of hydrogen-bond acceptors (Lipinski definition) is 3. The minimum Gasteiger partial charge on any atom is -0.453 e. The second-order valence-corrected chi connectivity index (χ2v) is 5.68. The molecular weight excluding hydrogens is 260 g/mol. The Morgan fingerprint density at radius 3 is 2.71 bits per heavy atom. The largest absolute Gasteiger partial charge is 0.453 e. The summed E-state index contributed by atoms with van der Waals surface area (Å²) < 4.78 is 5.95. The van der Waals surface area contributed by atoms with Crippen LogP contribution in [0.4, 0.5) is 5.69 Å². The number of nitrogens with two attached hydrogens (primary N) is 1. The highest BCUT2D eigenvalue weighted by Gasteiger charge is 2.32. The third kappa shape index (κ3) is 2.49. The molecule has 1 heterocycles. The fourth-order valence-electron chi connectivity index (χ4n) is 3.34. The predicted octanol–water partition coefficient (Wildman–Crippen LogP) is 3.74. The van der Waals surface area contributed by atoms with Crippen LogP contribution in [0.1, 0.15) is 25.7 Å². The molecule has 1 aliphatic carbocycles. The van der Waals surface area contributed by atoms with Gasteiger partial charge in [0.2, 0.25) is 0 Å². The van der Waals surface area contributed by atoms with Gasteiger partial charge in [0.05, 0.1) is 11.4 Å². The molecule has 3 rings (SSSR count). The van der Waals surface area contributed by atoms with Gasteiger partial charge in [0, 0.05) is 12.1 Å². The van der Waals surface area contributed by atoms with E-state index >= 15 is 0 Å². The number of para-hydroxylation sites is 2. The van der Waals surface area contributed by atoms with Crippen molar-refractivity contribution in [2.45, 2.75) is 37.8 Å². The zero-order valence-electron chi connectivity index (χ0n) is 12.3. The monoisotopic (exact) mass is 282 g/mol. The number of rotatable bonds is 3. The van der Waals surface area contributed by atoms with Gasteiger partial charge in [-0.05, 0) is 50.0 Å². The molecule has 3 nitrogen and oxygen atoms in total. The summed E-state index contributed by atoms with van der Waals surface area (Å²) in [6.07, 6.45) is 8.03. The van der Waals surface area contributed by atoms with E-state index in [1.165, 1.54) is 6.42 Å². The van der Waals surface area contributed by atoms with Crippen molar-refractivity contribution in [1.82, 2.24) is 0 Å². The first-order valence-corrected chi connectivity index (χ1v) is 7.55. The van der Waals surface area contributed by atoms with Gasteiger partial charge in [-0.25, -0.2) is 0 Å². The molecule has 0 spiro atoms. The normalized spacial score (nSPS) is 25.1. The molecule has 110 valence electrons. The van der Waals surface area contributed by atoms with E-state index < -0.39 is 0 Å². The Morgan fingerprint density at radius 2 is 2.00 bits per heavy atom. The van der Waals surface area contributed by atoms with Gasteiger partial charge in [0.25, 0.3) is 0 Å². The zero-order chi connectivity index (χ0) is 14.8. The lowest BCUT2D eigenvalue weighted by Crippen LogP contribution is -2.43. The van der Waals surface area contributed by atoms with E-state index in [2.05, 4.69) is 24.1 Å². The maximum Gasteiger partial charge on any atom is 0.151 e. The average Bonchev–Trinajstić information content (AvgIpc) is 2.52. The van der Waals surface area contributed by atoms with Crippen molar-refractivity contribution in [3.8, 4) is 5.75 Å². The van der Waals surface area contributed by atoms with Crippen LogP contribution in [0.2, 0.25) is 0 Å². The van der Waals surface area contributed by atoms with Crippen molar-refractivity contribution in [2.24, 2.45) is 5.73 Å². The predicted molar refractivity (Wildman–Crippen MR) is 87.2 cm³/mol. The van der Waals surface area contributed by atoms with Gasteiger partial charge in [0.15, 0.2) is 11.5 Å². The molecule has 0 bridgehead atoms. The van der Waals surface area contributed by atoms with Crippen molar-refractivity contribution < 1.29 is 4.74 Å². The number of allylic oxidation sites excluding steroid dienone is 2. The van der Waals surface area contributed by atoms with Crippen LogP contribution in [0.15, 0.2) is 61.0 Å². The van der Waals surface area contributed by atoms with Crippen LogP contribution in [0, 0.1) is 0 Å². The van der Waals surface area contributed by atoms with Gasteiger partial charge in [-0.2, -0.15) is 0 Å². The maximum absolute atomic E-state index is 6.19. The summed E-state index contributed by atoms with van der Waals surface area (Å²) in [4.78, 5) is 2.34. The van der Waals surface area contributed by atoms with Crippen molar-refractivity contribution >= 4 is 5.69 Å². The van der Waals surface area contributed by atoms with Crippen LogP contribution in [-0.2, 0) is 0 Å². The standard InChI is InChI=1S/C18H22N2O/c1-3-15-17(4-2)21-18-11-6-5-10-16(18)20(15)14-9-7-8-13(19)12-14/h3-6,10-11,13-14H,1-2,7-9,12,19H2/t13-,14+/m0/s1. The van der Waals surface area contributed by atoms with Crippen LogP contribution < -0.4 is 15.4 Å². The fourth-order valence-corrected chi connectivity index (χ4v) is 3.34. The van der Waals surface area contributed by atoms with Gasteiger partial charge >= 0.3 is 0 Å². The van der Waals surface area contributed by atoms with E-state index in [9.17, 15) is 0 Å². The minimum absolute atomic E-state index is 0.275. The van der Waals surface area contributed by atoms with Crippen molar-refractivity contribution in [2.75, 3.05) is 4.90 Å². The first kappa shape index (κ1) is 14.0. The van der Waals surface area contributed by atoms with E-state index in [0.29, 0.717) is 6.04 Å². The summed E-state index contributed by atoms with van der Waals surface area (Å²) in [6, 6.07) is 8.78. The van der Waals surface area contributed by atoms with Gasteiger partial charge in [-0.1, -0.05) is 25.3 Å². The number of anilines is 1. The smallest absolute Gasteiger partial charge is 0.151 e. The highest BCUT2D eigenvalue weighted by atomic mass is 16.5. The Kier molecular flexibility index (Phi) is 3.84. The van der Waals surface area contributed by atoms with E-state index in [-0.39, 0.29) is 6.04 Å². The summed E-state index contributed by atoms with van der Waals surface area (Å²) in [6.45, 7) is 7.83. The van der Waals surface area contributed by atoms with Crippen LogP contribution >= 0.6 is 0 Å². The molecule has 1 fully saturated rings. The third-order valence-electron chi connectivity index (χ3n) is 4.29. The molecular formula is C18H22N2O. The molecule has 0 amide bonds. The molecule has 1 saturated carbocycles. The van der Waals surface area contributed by atoms with E-state index in [0.717, 1.165) is 42.2 Å². The van der Waals surface area contributed by atoms with Crippen LogP contribution in [-0.4, -0.2) is 12.1 Å². The molecule has 1 aromatic carbocycles. The molecule has 0 saturated heterocycles. The van der Waals surface area contributed by atoms with Gasteiger partial charge < -0.3 is 15.4 Å². The van der Waals surface area contributed by atoms with Gasteiger partial charge in [0.1, 0.15) is 0 Å². The van der Waals surface area contributed by atoms with Crippen molar-refractivity contribution in [3.63, 3.8) is 0 Å². The Labute approximate surface area is 126 Å². The SMILES string of the molecule is C=CC1=C(C=C)N([C@@H]2CCC[C@H](N)C2)c2ccccc2O1. The Bertz CT molecular complexity index is 591. The Balaban J connectivity index is 2.07. The lowest BCUT2D eigenvalue weighted by molar-refractivity contribution is 0.365. The number of ether oxygens (including phenoxy) is 1.